The van der Waals surface area contributed by atoms with Crippen molar-refractivity contribution in [1.29, 1.82) is 0 Å². The first-order valence-corrected chi connectivity index (χ1v) is 10.6. The second kappa shape index (κ2) is 8.12. The first-order valence-electron chi connectivity index (χ1n) is 8.07. The van der Waals surface area contributed by atoms with E-state index in [2.05, 4.69) is 36.3 Å². The van der Waals surface area contributed by atoms with E-state index in [0.717, 1.165) is 31.3 Å². The largest absolute Gasteiger partial charge is 0.352 e. The molecule has 0 saturated heterocycles. The fraction of sp³-hybridized carbons (Fsp3) is 0.111. The van der Waals surface area contributed by atoms with Crippen LogP contribution in [0.25, 0.3) is 15.6 Å². The minimum Gasteiger partial charge on any atom is -0.352 e. The molecule has 0 radical (unpaired) electrons. The van der Waals surface area contributed by atoms with E-state index in [0.29, 0.717) is 6.54 Å². The minimum absolute atomic E-state index is 0.0421. The van der Waals surface area contributed by atoms with E-state index in [1.807, 2.05) is 41.1 Å². The molecule has 3 heterocycles. The molecule has 0 aliphatic heterocycles. The summed E-state index contributed by atoms with van der Waals surface area (Å²) in [5.41, 5.74) is 2.74. The lowest BCUT2D eigenvalue weighted by atomic mass is 10.2. The number of aromatic nitrogens is 4. The number of nitrogens with zero attached hydrogens (tertiary/aromatic N) is 4. The second-order valence-corrected chi connectivity index (χ2v) is 8.42. The molecule has 0 atom stereocenters. The van der Waals surface area contributed by atoms with Gasteiger partial charge in [-0.2, -0.15) is 5.10 Å². The van der Waals surface area contributed by atoms with Gasteiger partial charge in [-0.15, -0.1) is 22.7 Å². The lowest BCUT2D eigenvalue weighted by Crippen LogP contribution is -2.24. The number of hydrogen-bond acceptors (Lipinski definition) is 6. The summed E-state index contributed by atoms with van der Waals surface area (Å²) in [6.07, 6.45) is 3.42. The van der Waals surface area contributed by atoms with Gasteiger partial charge in [0.05, 0.1) is 22.7 Å². The molecule has 136 valence electrons. The first kappa shape index (κ1) is 18.0. The number of halogens is 1. The highest BCUT2D eigenvalue weighted by atomic mass is 79.9. The number of carbonyl (C=O) groups is 1. The maximum Gasteiger partial charge on any atom is 0.226 e. The zero-order chi connectivity index (χ0) is 18.6. The number of amides is 1. The molecule has 0 fully saturated rings. The molecule has 0 aliphatic rings. The molecule has 3 aromatic heterocycles. The van der Waals surface area contributed by atoms with Crippen molar-refractivity contribution in [1.82, 2.24) is 25.1 Å². The van der Waals surface area contributed by atoms with Crippen molar-refractivity contribution in [3.05, 3.63) is 69.5 Å². The zero-order valence-electron chi connectivity index (χ0n) is 14.0. The average molecular weight is 460 g/mol. The predicted octanol–water partition coefficient (Wildman–Crippen LogP) is 4.07. The molecule has 0 aliphatic carbocycles. The van der Waals surface area contributed by atoms with Gasteiger partial charge in [-0.1, -0.05) is 12.1 Å². The van der Waals surface area contributed by atoms with E-state index < -0.39 is 0 Å². The van der Waals surface area contributed by atoms with Gasteiger partial charge in [-0.25, -0.2) is 14.6 Å². The Bertz CT molecular complexity index is 1040. The summed E-state index contributed by atoms with van der Waals surface area (Å²) < 4.78 is 2.74. The maximum absolute atomic E-state index is 12.2. The summed E-state index contributed by atoms with van der Waals surface area (Å²) in [6.45, 7) is 0.478. The van der Waals surface area contributed by atoms with Gasteiger partial charge in [-0.3, -0.25) is 4.79 Å². The third-order valence-electron chi connectivity index (χ3n) is 3.78. The molecular formula is C18H14BrN5OS2. The molecule has 1 amide bonds. The van der Waals surface area contributed by atoms with Crippen LogP contribution in [0, 0.1) is 0 Å². The van der Waals surface area contributed by atoms with Crippen molar-refractivity contribution in [3.8, 4) is 15.6 Å². The van der Waals surface area contributed by atoms with Gasteiger partial charge < -0.3 is 5.32 Å². The average Bonchev–Trinajstić information content (AvgIpc) is 3.42. The molecule has 0 saturated carbocycles. The van der Waals surface area contributed by atoms with E-state index in [9.17, 15) is 4.79 Å². The number of hydrogen-bond donors (Lipinski definition) is 1. The van der Waals surface area contributed by atoms with Gasteiger partial charge in [0.2, 0.25) is 5.91 Å². The quantitative estimate of drug-likeness (QED) is 0.471. The lowest BCUT2D eigenvalue weighted by Gasteiger charge is -2.06. The molecule has 9 heteroatoms. The number of carbonyl (C=O) groups excluding carboxylic acids is 1. The topological polar surface area (TPSA) is 72.7 Å². The molecule has 4 aromatic rings. The Morgan fingerprint density at radius 2 is 2.04 bits per heavy atom. The fourth-order valence-corrected chi connectivity index (χ4v) is 4.79. The first-order chi connectivity index (χ1) is 13.2. The highest BCUT2D eigenvalue weighted by Gasteiger charge is 2.10. The summed E-state index contributed by atoms with van der Waals surface area (Å²) >= 11 is 6.64. The summed E-state index contributed by atoms with van der Waals surface area (Å²) in [6, 6.07) is 9.86. The zero-order valence-corrected chi connectivity index (χ0v) is 17.2. The van der Waals surface area contributed by atoms with Crippen molar-refractivity contribution in [2.24, 2.45) is 0 Å². The Kier molecular flexibility index (Phi) is 5.42. The molecule has 0 bridgehead atoms. The van der Waals surface area contributed by atoms with Crippen LogP contribution in [0.15, 0.2) is 58.2 Å². The fourth-order valence-electron chi connectivity index (χ4n) is 2.46. The van der Waals surface area contributed by atoms with Crippen molar-refractivity contribution in [3.63, 3.8) is 0 Å². The minimum atomic E-state index is -0.0421. The Morgan fingerprint density at radius 3 is 2.74 bits per heavy atom. The predicted molar refractivity (Wildman–Crippen MR) is 110 cm³/mol. The third kappa shape index (κ3) is 4.49. The van der Waals surface area contributed by atoms with Crippen molar-refractivity contribution in [2.45, 2.75) is 13.0 Å². The van der Waals surface area contributed by atoms with Crippen LogP contribution in [0.1, 0.15) is 11.3 Å². The summed E-state index contributed by atoms with van der Waals surface area (Å²) in [5.74, 6) is -0.0421. The van der Waals surface area contributed by atoms with Crippen molar-refractivity contribution >= 4 is 44.5 Å². The summed E-state index contributed by atoms with van der Waals surface area (Å²) in [7, 11) is 0. The second-order valence-electron chi connectivity index (χ2n) is 5.73. The molecule has 27 heavy (non-hydrogen) atoms. The smallest absolute Gasteiger partial charge is 0.226 e. The number of benzene rings is 1. The molecule has 4 rings (SSSR count). The van der Waals surface area contributed by atoms with Crippen LogP contribution in [0.4, 0.5) is 0 Å². The SMILES string of the molecule is O=C(Cc1csc(-c2cc(Br)cs2)n1)NCc1ccc(-n2cncn2)cc1. The molecular weight excluding hydrogens is 446 g/mol. The van der Waals surface area contributed by atoms with E-state index in [4.69, 9.17) is 0 Å². The standard InChI is InChI=1S/C18H14BrN5OS2/c19-13-5-16(26-8-13)18-23-14(9-27-18)6-17(25)21-7-12-1-3-15(4-2-12)24-11-20-10-22-24/h1-5,8-11H,6-7H2,(H,21,25). The van der Waals surface area contributed by atoms with Gasteiger partial charge in [0, 0.05) is 21.8 Å². The Hall–Kier alpha value is -2.36. The van der Waals surface area contributed by atoms with Crippen LogP contribution in [0.2, 0.25) is 0 Å². The van der Waals surface area contributed by atoms with Gasteiger partial charge >= 0.3 is 0 Å². The molecule has 0 spiro atoms. The molecule has 1 N–H and O–H groups in total. The van der Waals surface area contributed by atoms with Crippen molar-refractivity contribution < 1.29 is 4.79 Å². The van der Waals surface area contributed by atoms with E-state index >= 15 is 0 Å². The molecule has 0 unspecified atom stereocenters. The van der Waals surface area contributed by atoms with Crippen LogP contribution in [-0.4, -0.2) is 25.7 Å². The highest BCUT2D eigenvalue weighted by Crippen LogP contribution is 2.32. The van der Waals surface area contributed by atoms with Crippen LogP contribution < -0.4 is 5.32 Å². The summed E-state index contributed by atoms with van der Waals surface area (Å²) in [4.78, 5) is 21.8. The number of rotatable bonds is 6. The van der Waals surface area contributed by atoms with Crippen molar-refractivity contribution in [2.75, 3.05) is 0 Å². The van der Waals surface area contributed by atoms with Gasteiger partial charge in [0.25, 0.3) is 0 Å². The van der Waals surface area contributed by atoms with Crippen LogP contribution in [0.3, 0.4) is 0 Å². The van der Waals surface area contributed by atoms with Crippen LogP contribution in [-0.2, 0) is 17.8 Å². The van der Waals surface area contributed by atoms with Gasteiger partial charge in [-0.05, 0) is 39.7 Å². The number of thiophene rings is 1. The van der Waals surface area contributed by atoms with E-state index in [-0.39, 0.29) is 12.3 Å². The highest BCUT2D eigenvalue weighted by molar-refractivity contribution is 9.10. The third-order valence-corrected chi connectivity index (χ3v) is 6.53. The van der Waals surface area contributed by atoms with Gasteiger partial charge in [0.15, 0.2) is 0 Å². The molecule has 1 aromatic carbocycles. The van der Waals surface area contributed by atoms with Gasteiger partial charge in [0.1, 0.15) is 17.7 Å². The lowest BCUT2D eigenvalue weighted by molar-refractivity contribution is -0.120. The maximum atomic E-state index is 12.2. The number of thiazole rings is 1. The monoisotopic (exact) mass is 459 g/mol. The summed E-state index contributed by atoms with van der Waals surface area (Å²) in [5, 5.41) is 11.9. The normalized spacial score (nSPS) is 10.9. The van der Waals surface area contributed by atoms with E-state index in [1.165, 1.54) is 6.33 Å². The molecule has 6 nitrogen and oxygen atoms in total. The number of nitrogens with one attached hydrogen (secondary N) is 1. The Balaban J connectivity index is 1.31. The van der Waals surface area contributed by atoms with Crippen LogP contribution in [0.5, 0.6) is 0 Å². The Labute approximate surface area is 172 Å². The Morgan fingerprint density at radius 1 is 1.19 bits per heavy atom. The van der Waals surface area contributed by atoms with Crippen LogP contribution >= 0.6 is 38.6 Å². The van der Waals surface area contributed by atoms with E-state index in [1.54, 1.807) is 33.7 Å².